The van der Waals surface area contributed by atoms with Gasteiger partial charge in [-0.2, -0.15) is 0 Å². The Bertz CT molecular complexity index is 2030. The van der Waals surface area contributed by atoms with Crippen LogP contribution in [0.2, 0.25) is 0 Å². The minimum absolute atomic E-state index is 0.00445. The fourth-order valence-electron chi connectivity index (χ4n) is 5.36. The number of sulfone groups is 2. The molecule has 0 N–H and O–H groups in total. The Morgan fingerprint density at radius 1 is 0.462 bits per heavy atom. The second-order valence-corrected chi connectivity index (χ2v) is 13.1. The normalized spacial score (nSPS) is 16.0. The van der Waals surface area contributed by atoms with Gasteiger partial charge >= 0.3 is 0 Å². The van der Waals surface area contributed by atoms with Gasteiger partial charge in [-0.05, 0) is 71.8 Å². The smallest absolute Gasteiger partial charge is 0.210 e. The summed E-state index contributed by atoms with van der Waals surface area (Å²) in [4.78, 5) is 15.7. The average Bonchev–Trinajstić information content (AvgIpc) is 2.96. The molecule has 7 rings (SSSR count). The molecule has 2 aliphatic rings. The van der Waals surface area contributed by atoms with E-state index >= 15 is 0 Å². The van der Waals surface area contributed by atoms with E-state index in [-0.39, 0.29) is 36.5 Å². The predicted molar refractivity (Wildman–Crippen MR) is 147 cm³/mol. The summed E-state index contributed by atoms with van der Waals surface area (Å²) in [5.41, 5.74) is 3.53. The molecule has 0 aromatic heterocycles. The first-order valence-corrected chi connectivity index (χ1v) is 15.1. The number of nitrogens with zero attached hydrogens (tertiary/aromatic N) is 1. The van der Waals surface area contributed by atoms with Crippen LogP contribution in [0.1, 0.15) is 15.9 Å². The van der Waals surface area contributed by atoms with Crippen LogP contribution in [-0.2, 0) is 19.7 Å². The lowest BCUT2D eigenvalue weighted by Crippen LogP contribution is -2.22. The van der Waals surface area contributed by atoms with E-state index in [2.05, 4.69) is 0 Å². The number of hydrogen-bond acceptors (Lipinski definition) is 6. The van der Waals surface area contributed by atoms with Gasteiger partial charge in [-0.25, -0.2) is 16.8 Å². The maximum absolute atomic E-state index is 13.4. The second kappa shape index (κ2) is 8.23. The maximum atomic E-state index is 13.4. The summed E-state index contributed by atoms with van der Waals surface area (Å²) in [6, 6.07) is 32.3. The van der Waals surface area contributed by atoms with E-state index in [1.54, 1.807) is 72.8 Å². The number of benzene rings is 5. The van der Waals surface area contributed by atoms with Gasteiger partial charge in [-0.3, -0.25) is 4.79 Å². The topological polar surface area (TPSA) is 88.6 Å². The largest absolute Gasteiger partial charge is 0.308 e. The Kier molecular flexibility index (Phi) is 4.98. The van der Waals surface area contributed by atoms with Gasteiger partial charge in [0.05, 0.1) is 31.0 Å². The highest BCUT2D eigenvalue weighted by atomic mass is 32.2. The number of carbonyl (C=O) groups excluding carboxylic acids is 1. The van der Waals surface area contributed by atoms with E-state index in [0.717, 1.165) is 11.3 Å². The zero-order valence-electron chi connectivity index (χ0n) is 20.3. The number of rotatable bonds is 2. The maximum Gasteiger partial charge on any atom is 0.210 e. The summed E-state index contributed by atoms with van der Waals surface area (Å²) in [6.45, 7) is 0. The van der Waals surface area contributed by atoms with Gasteiger partial charge in [0.15, 0.2) is 5.78 Å². The molecule has 5 aromatic carbocycles. The first kappa shape index (κ1) is 23.6. The SMILES string of the molecule is O=C1c2ccccc2S(=O)(=O)c2ccc(-c3cccc(N4c5ccccc5S(=O)(=O)c5ccccc54)c3)cc21. The third-order valence-electron chi connectivity index (χ3n) is 7.16. The predicted octanol–water partition coefficient (Wildman–Crippen LogP) is 6.35. The Morgan fingerprint density at radius 3 is 1.69 bits per heavy atom. The van der Waals surface area contributed by atoms with Crippen LogP contribution in [0.3, 0.4) is 0 Å². The van der Waals surface area contributed by atoms with Crippen molar-refractivity contribution in [1.82, 2.24) is 0 Å². The van der Waals surface area contributed by atoms with Crippen LogP contribution in [0.25, 0.3) is 11.1 Å². The van der Waals surface area contributed by atoms with Crippen molar-refractivity contribution in [1.29, 1.82) is 0 Å². The quantitative estimate of drug-likeness (QED) is 0.250. The van der Waals surface area contributed by atoms with Crippen molar-refractivity contribution in [2.75, 3.05) is 4.90 Å². The van der Waals surface area contributed by atoms with Crippen molar-refractivity contribution in [2.24, 2.45) is 0 Å². The van der Waals surface area contributed by atoms with E-state index in [1.165, 1.54) is 18.2 Å². The second-order valence-electron chi connectivity index (χ2n) is 9.36. The van der Waals surface area contributed by atoms with Crippen molar-refractivity contribution in [3.8, 4) is 11.1 Å². The van der Waals surface area contributed by atoms with Gasteiger partial charge in [-0.15, -0.1) is 0 Å². The number of anilines is 3. The van der Waals surface area contributed by atoms with Gasteiger partial charge in [0.25, 0.3) is 0 Å². The van der Waals surface area contributed by atoms with E-state index in [4.69, 9.17) is 0 Å². The van der Waals surface area contributed by atoms with Crippen molar-refractivity contribution < 1.29 is 21.6 Å². The molecule has 0 amide bonds. The van der Waals surface area contributed by atoms with Crippen LogP contribution < -0.4 is 4.90 Å². The highest BCUT2D eigenvalue weighted by molar-refractivity contribution is 7.92. The zero-order valence-corrected chi connectivity index (χ0v) is 21.9. The van der Waals surface area contributed by atoms with Crippen LogP contribution in [0.4, 0.5) is 17.1 Å². The van der Waals surface area contributed by atoms with Crippen molar-refractivity contribution in [3.63, 3.8) is 0 Å². The molecule has 2 aliphatic heterocycles. The molecule has 39 heavy (non-hydrogen) atoms. The van der Waals surface area contributed by atoms with Gasteiger partial charge in [-0.1, -0.05) is 54.6 Å². The first-order chi connectivity index (χ1) is 18.8. The number of ketones is 1. The number of hydrogen-bond donors (Lipinski definition) is 0. The molecule has 0 aliphatic carbocycles. The Balaban J connectivity index is 1.39. The molecule has 0 saturated heterocycles. The standard InChI is InChI=1S/C31H19NO5S2/c33-31-23-10-1-4-13-27(23)38(34,35)28-17-16-21(19-24(28)31)20-8-7-9-22(18-20)32-25-11-2-5-14-29(25)39(36,37)30-15-6-3-12-26(30)32/h1-19H. The zero-order chi connectivity index (χ0) is 26.9. The van der Waals surface area contributed by atoms with E-state index in [9.17, 15) is 21.6 Å². The molecule has 2 heterocycles. The lowest BCUT2D eigenvalue weighted by atomic mass is 9.97. The summed E-state index contributed by atoms with van der Waals surface area (Å²) in [5.74, 6) is -0.336. The molecule has 0 spiro atoms. The van der Waals surface area contributed by atoms with E-state index < -0.39 is 19.7 Å². The van der Waals surface area contributed by atoms with Crippen LogP contribution in [-0.4, -0.2) is 22.6 Å². The highest BCUT2D eigenvalue weighted by Crippen LogP contribution is 2.48. The fraction of sp³-hybridized carbons (Fsp3) is 0. The molecule has 0 atom stereocenters. The summed E-state index contributed by atoms with van der Waals surface area (Å²) >= 11 is 0. The summed E-state index contributed by atoms with van der Waals surface area (Å²) in [5, 5.41) is 0. The molecular formula is C31H19NO5S2. The number of carbonyl (C=O) groups is 1. The Hall–Kier alpha value is -4.53. The summed E-state index contributed by atoms with van der Waals surface area (Å²) in [7, 11) is -7.51. The van der Waals surface area contributed by atoms with Crippen LogP contribution >= 0.6 is 0 Å². The molecule has 6 nitrogen and oxygen atoms in total. The van der Waals surface area contributed by atoms with Gasteiger partial charge in [0.2, 0.25) is 19.7 Å². The molecular weight excluding hydrogens is 530 g/mol. The molecule has 0 unspecified atom stereocenters. The molecule has 5 aromatic rings. The minimum Gasteiger partial charge on any atom is -0.308 e. The number of fused-ring (bicyclic) bond motifs is 4. The first-order valence-electron chi connectivity index (χ1n) is 12.1. The Morgan fingerprint density at radius 2 is 1.00 bits per heavy atom. The van der Waals surface area contributed by atoms with Crippen molar-refractivity contribution >= 4 is 42.5 Å². The van der Waals surface area contributed by atoms with Crippen molar-refractivity contribution in [3.05, 3.63) is 126 Å². The summed E-state index contributed by atoms with van der Waals surface area (Å²) in [6.07, 6.45) is 0. The molecule has 8 heteroatoms. The van der Waals surface area contributed by atoms with Gasteiger partial charge in [0.1, 0.15) is 0 Å². The number of para-hydroxylation sites is 2. The highest BCUT2D eigenvalue weighted by Gasteiger charge is 2.36. The lowest BCUT2D eigenvalue weighted by Gasteiger charge is -2.33. The van der Waals surface area contributed by atoms with E-state index in [0.29, 0.717) is 16.9 Å². The molecule has 0 saturated carbocycles. The van der Waals surface area contributed by atoms with Crippen LogP contribution in [0.15, 0.2) is 135 Å². The van der Waals surface area contributed by atoms with Gasteiger partial charge < -0.3 is 4.90 Å². The van der Waals surface area contributed by atoms with Crippen LogP contribution in [0.5, 0.6) is 0 Å². The van der Waals surface area contributed by atoms with E-state index in [1.807, 2.05) is 29.2 Å². The minimum atomic E-state index is -3.82. The Labute approximate surface area is 225 Å². The lowest BCUT2D eigenvalue weighted by molar-refractivity contribution is 0.103. The summed E-state index contributed by atoms with van der Waals surface area (Å²) < 4.78 is 53.2. The molecule has 0 bridgehead atoms. The molecule has 0 fully saturated rings. The fourth-order valence-corrected chi connectivity index (χ4v) is 8.62. The molecule has 190 valence electrons. The average molecular weight is 550 g/mol. The third-order valence-corrected chi connectivity index (χ3v) is 10.9. The third kappa shape index (κ3) is 3.35. The van der Waals surface area contributed by atoms with Crippen LogP contribution in [0, 0.1) is 0 Å². The van der Waals surface area contributed by atoms with Gasteiger partial charge in [0, 0.05) is 16.8 Å². The van der Waals surface area contributed by atoms with Crippen molar-refractivity contribution in [2.45, 2.75) is 19.6 Å². The monoisotopic (exact) mass is 549 g/mol. The molecule has 0 radical (unpaired) electrons.